The molecule has 33 heavy (non-hydrogen) atoms. The van der Waals surface area contributed by atoms with Gasteiger partial charge in [-0.05, 0) is 57.2 Å². The van der Waals surface area contributed by atoms with Crippen molar-refractivity contribution in [2.24, 2.45) is 0 Å². The van der Waals surface area contributed by atoms with Gasteiger partial charge < -0.3 is 19.2 Å². The maximum Gasteiger partial charge on any atom is 0.408 e. The molecule has 0 spiro atoms. The monoisotopic (exact) mass is 469 g/mol. The van der Waals surface area contributed by atoms with E-state index in [1.807, 2.05) is 0 Å². The molecule has 0 unspecified atom stereocenters. The minimum Gasteiger partial charge on any atom is -0.444 e. The van der Waals surface area contributed by atoms with E-state index in [0.29, 0.717) is 23.1 Å². The Bertz CT molecular complexity index is 1280. The van der Waals surface area contributed by atoms with Crippen LogP contribution in [0.15, 0.2) is 51.7 Å². The van der Waals surface area contributed by atoms with Crippen molar-refractivity contribution >= 4 is 34.6 Å². The van der Waals surface area contributed by atoms with Gasteiger partial charge in [0.1, 0.15) is 11.2 Å². The molecule has 0 aliphatic heterocycles. The molecule has 1 aromatic heterocycles. The van der Waals surface area contributed by atoms with Crippen LogP contribution < -0.4 is 15.7 Å². The van der Waals surface area contributed by atoms with Gasteiger partial charge in [-0.1, -0.05) is 41.9 Å². The van der Waals surface area contributed by atoms with Gasteiger partial charge in [-0.3, -0.25) is 0 Å². The number of rotatable bonds is 4. The highest BCUT2D eigenvalue weighted by Gasteiger charge is 2.29. The van der Waals surface area contributed by atoms with Crippen molar-refractivity contribution in [3.8, 4) is 5.75 Å². The van der Waals surface area contributed by atoms with E-state index in [-0.39, 0.29) is 16.4 Å². The number of hydrogen-bond donors (Lipinski definition) is 1. The first kappa shape index (κ1) is 22.9. The Balaban J connectivity index is 1.65. The topological polar surface area (TPSA) is 94.8 Å². The zero-order chi connectivity index (χ0) is 23.8. The summed E-state index contributed by atoms with van der Waals surface area (Å²) in [5.74, 6) is -0.737. The molecule has 1 atom stereocenters. The number of esters is 1. The highest BCUT2D eigenvalue weighted by Crippen LogP contribution is 2.35. The summed E-state index contributed by atoms with van der Waals surface area (Å²) in [5, 5.41) is 3.49. The van der Waals surface area contributed by atoms with Gasteiger partial charge in [-0.15, -0.1) is 0 Å². The maximum atomic E-state index is 13.1. The van der Waals surface area contributed by atoms with Crippen LogP contribution in [0.5, 0.6) is 5.75 Å². The third-order valence-electron chi connectivity index (χ3n) is 5.27. The first-order valence-corrected chi connectivity index (χ1v) is 11.0. The molecule has 0 radical (unpaired) electrons. The highest BCUT2D eigenvalue weighted by molar-refractivity contribution is 6.33. The first-order valence-electron chi connectivity index (χ1n) is 10.7. The predicted octanol–water partition coefficient (Wildman–Crippen LogP) is 5.11. The fraction of sp³-hybridized carbons (Fsp3) is 0.320. The molecule has 0 saturated carbocycles. The Kier molecular flexibility index (Phi) is 6.17. The van der Waals surface area contributed by atoms with Crippen LogP contribution in [0.4, 0.5) is 4.79 Å². The van der Waals surface area contributed by atoms with E-state index in [4.69, 9.17) is 25.5 Å². The number of amides is 1. The highest BCUT2D eigenvalue weighted by atomic mass is 35.5. The zero-order valence-electron chi connectivity index (χ0n) is 18.6. The zero-order valence-corrected chi connectivity index (χ0v) is 19.3. The van der Waals surface area contributed by atoms with E-state index in [9.17, 15) is 14.4 Å². The van der Waals surface area contributed by atoms with Crippen molar-refractivity contribution in [2.45, 2.75) is 51.7 Å². The van der Waals surface area contributed by atoms with Gasteiger partial charge >= 0.3 is 17.7 Å². The number of fused-ring (bicyclic) bond motifs is 3. The van der Waals surface area contributed by atoms with Crippen LogP contribution in [0.1, 0.15) is 49.9 Å². The number of alkyl carbamates (subject to hydrolysis) is 1. The van der Waals surface area contributed by atoms with Gasteiger partial charge in [0, 0.05) is 17.0 Å². The minimum absolute atomic E-state index is 0.0298. The number of aryl methyl sites for hydroxylation is 1. The number of carbonyl (C=O) groups excluding carboxylic acids is 2. The number of carbonyl (C=O) groups is 2. The third-order valence-corrected chi connectivity index (χ3v) is 5.56. The Hall–Kier alpha value is -3.32. The molecule has 4 rings (SSSR count). The largest absolute Gasteiger partial charge is 0.444 e. The van der Waals surface area contributed by atoms with Crippen LogP contribution >= 0.6 is 11.6 Å². The summed E-state index contributed by atoms with van der Waals surface area (Å²) in [6, 6.07) is 10.6. The molecule has 1 aliphatic carbocycles. The van der Waals surface area contributed by atoms with Crippen molar-refractivity contribution < 1.29 is 23.5 Å². The Morgan fingerprint density at radius 1 is 1.09 bits per heavy atom. The molecule has 1 amide bonds. The SMILES string of the molecule is CC(C)(C)OC(=O)N[C@H](C(=O)Oc1cc2oc(=O)c3c(c2cc1Cl)CCC3)c1ccccc1. The second-order valence-corrected chi connectivity index (χ2v) is 9.30. The summed E-state index contributed by atoms with van der Waals surface area (Å²) < 4.78 is 16.3. The van der Waals surface area contributed by atoms with Gasteiger partial charge in [0.15, 0.2) is 11.8 Å². The van der Waals surface area contributed by atoms with E-state index in [1.165, 1.54) is 6.07 Å². The van der Waals surface area contributed by atoms with E-state index in [0.717, 1.165) is 23.8 Å². The van der Waals surface area contributed by atoms with Gasteiger partial charge in [0.2, 0.25) is 0 Å². The molecule has 0 bridgehead atoms. The Morgan fingerprint density at radius 3 is 2.48 bits per heavy atom. The molecule has 8 heteroatoms. The van der Waals surface area contributed by atoms with Crippen LogP contribution in [0.2, 0.25) is 5.02 Å². The van der Waals surface area contributed by atoms with Crippen molar-refractivity contribution in [1.29, 1.82) is 0 Å². The average Bonchev–Trinajstić information content (AvgIpc) is 3.23. The van der Waals surface area contributed by atoms with Crippen LogP contribution in [0.3, 0.4) is 0 Å². The Morgan fingerprint density at radius 2 is 1.79 bits per heavy atom. The van der Waals surface area contributed by atoms with Gasteiger partial charge in [0.25, 0.3) is 0 Å². The number of benzene rings is 2. The average molecular weight is 470 g/mol. The lowest BCUT2D eigenvalue weighted by molar-refractivity contribution is -0.137. The molecule has 3 aromatic rings. The summed E-state index contributed by atoms with van der Waals surface area (Å²) in [5.41, 5.74) is 1.28. The predicted molar refractivity (Wildman–Crippen MR) is 124 cm³/mol. The molecular formula is C25H24ClNO6. The molecule has 1 aliphatic rings. The molecule has 0 saturated heterocycles. The first-order chi connectivity index (χ1) is 15.6. The van der Waals surface area contributed by atoms with Crippen LogP contribution in [0.25, 0.3) is 11.0 Å². The van der Waals surface area contributed by atoms with Crippen LogP contribution in [-0.4, -0.2) is 17.7 Å². The summed E-state index contributed by atoms with van der Waals surface area (Å²) >= 11 is 6.42. The summed E-state index contributed by atoms with van der Waals surface area (Å²) in [6.45, 7) is 5.17. The summed E-state index contributed by atoms with van der Waals surface area (Å²) in [4.78, 5) is 37.8. The second-order valence-electron chi connectivity index (χ2n) is 8.89. The fourth-order valence-electron chi connectivity index (χ4n) is 3.88. The van der Waals surface area contributed by atoms with E-state index in [2.05, 4.69) is 5.32 Å². The Labute approximate surface area is 195 Å². The molecule has 2 aromatic carbocycles. The number of halogens is 1. The number of hydrogen-bond acceptors (Lipinski definition) is 6. The van der Waals surface area contributed by atoms with Crippen molar-refractivity contribution in [1.82, 2.24) is 5.32 Å². The smallest absolute Gasteiger partial charge is 0.408 e. The molecule has 7 nitrogen and oxygen atoms in total. The normalized spacial score (nSPS) is 13.9. The second kappa shape index (κ2) is 8.90. The standard InChI is InChI=1S/C25H24ClNO6/c1-25(2,3)33-24(30)27-21(14-8-5-4-6-9-14)23(29)32-20-13-19-17(12-18(20)26)15-10-7-11-16(15)22(28)31-19/h4-6,8-9,12-13,21H,7,10-11H2,1-3H3,(H,27,30)/t21-/m0/s1. The van der Waals surface area contributed by atoms with Crippen LogP contribution in [0, 0.1) is 0 Å². The van der Waals surface area contributed by atoms with Gasteiger partial charge in [-0.2, -0.15) is 0 Å². The summed E-state index contributed by atoms with van der Waals surface area (Å²) in [6.07, 6.45) is 1.56. The van der Waals surface area contributed by atoms with Gasteiger partial charge in [0.05, 0.1) is 5.02 Å². The summed E-state index contributed by atoms with van der Waals surface area (Å²) in [7, 11) is 0. The molecule has 1 heterocycles. The molecule has 172 valence electrons. The van der Waals surface area contributed by atoms with Crippen LogP contribution in [-0.2, 0) is 22.4 Å². The molecular weight excluding hydrogens is 446 g/mol. The van der Waals surface area contributed by atoms with Crippen molar-refractivity contribution in [2.75, 3.05) is 0 Å². The van der Waals surface area contributed by atoms with E-state index < -0.39 is 23.7 Å². The molecule has 1 N–H and O–H groups in total. The number of ether oxygens (including phenoxy) is 2. The van der Waals surface area contributed by atoms with Crippen molar-refractivity contribution in [3.63, 3.8) is 0 Å². The number of nitrogens with one attached hydrogen (secondary N) is 1. The lowest BCUT2D eigenvalue weighted by atomic mass is 10.1. The van der Waals surface area contributed by atoms with Crippen molar-refractivity contribution in [3.05, 3.63) is 74.6 Å². The van der Waals surface area contributed by atoms with Gasteiger partial charge in [-0.25, -0.2) is 14.4 Å². The quantitative estimate of drug-likeness (QED) is 0.324. The van der Waals surface area contributed by atoms with E-state index >= 15 is 0 Å². The minimum atomic E-state index is -1.14. The fourth-order valence-corrected chi connectivity index (χ4v) is 4.08. The maximum absolute atomic E-state index is 13.1. The lowest BCUT2D eigenvalue weighted by Gasteiger charge is -2.23. The molecule has 0 fully saturated rings. The third kappa shape index (κ3) is 5.03. The lowest BCUT2D eigenvalue weighted by Crippen LogP contribution is -2.39. The van der Waals surface area contributed by atoms with E-state index in [1.54, 1.807) is 57.2 Å².